The first-order chi connectivity index (χ1) is 10.5. The van der Waals surface area contributed by atoms with Crippen LogP contribution in [0.2, 0.25) is 0 Å². The number of benzene rings is 2. The lowest BCUT2D eigenvalue weighted by Gasteiger charge is -2.26. The molecule has 2 heteroatoms. The second kappa shape index (κ2) is 5.98. The Balaban J connectivity index is 1.88. The van der Waals surface area contributed by atoms with Crippen LogP contribution < -0.4 is 0 Å². The predicted molar refractivity (Wildman–Crippen MR) is 89.8 cm³/mol. The van der Waals surface area contributed by atoms with Gasteiger partial charge in [-0.1, -0.05) is 81.4 Å². The maximum Gasteiger partial charge on any atom is 0.128 e. The molecule has 1 unspecified atom stereocenters. The zero-order chi connectivity index (χ0) is 15.6. The fourth-order valence-corrected chi connectivity index (χ4v) is 2.63. The van der Waals surface area contributed by atoms with Gasteiger partial charge in [-0.05, 0) is 17.2 Å². The van der Waals surface area contributed by atoms with Crippen molar-refractivity contribution in [1.82, 2.24) is 5.06 Å². The van der Waals surface area contributed by atoms with Gasteiger partial charge in [0.15, 0.2) is 0 Å². The van der Waals surface area contributed by atoms with Crippen molar-refractivity contribution in [2.45, 2.75) is 33.4 Å². The molecule has 1 atom stereocenters. The van der Waals surface area contributed by atoms with Gasteiger partial charge in [0.05, 0.1) is 12.6 Å². The summed E-state index contributed by atoms with van der Waals surface area (Å²) >= 11 is 0. The molecule has 0 amide bonds. The van der Waals surface area contributed by atoms with Crippen molar-refractivity contribution in [3.8, 4) is 0 Å². The monoisotopic (exact) mass is 293 g/mol. The molecule has 0 saturated heterocycles. The van der Waals surface area contributed by atoms with Gasteiger partial charge in [-0.15, -0.1) is 5.06 Å². The molecule has 0 aromatic heterocycles. The average Bonchev–Trinajstić information content (AvgIpc) is 2.93. The van der Waals surface area contributed by atoms with Crippen molar-refractivity contribution >= 4 is 0 Å². The zero-order valence-corrected chi connectivity index (χ0v) is 13.5. The normalized spacial score (nSPS) is 18.9. The van der Waals surface area contributed by atoms with E-state index in [4.69, 9.17) is 4.84 Å². The van der Waals surface area contributed by atoms with E-state index in [-0.39, 0.29) is 11.5 Å². The van der Waals surface area contributed by atoms with Gasteiger partial charge in [0.1, 0.15) is 5.76 Å². The molecule has 1 aliphatic heterocycles. The second-order valence-corrected chi connectivity index (χ2v) is 6.79. The topological polar surface area (TPSA) is 12.5 Å². The van der Waals surface area contributed by atoms with E-state index in [0.717, 1.165) is 12.3 Å². The Kier molecular flexibility index (Phi) is 4.04. The smallest absolute Gasteiger partial charge is 0.128 e. The highest BCUT2D eigenvalue weighted by Gasteiger charge is 2.33. The summed E-state index contributed by atoms with van der Waals surface area (Å²) < 4.78 is 0. The molecule has 0 saturated carbocycles. The number of allylic oxidation sites excluding steroid dienone is 1. The van der Waals surface area contributed by atoms with Gasteiger partial charge in [-0.25, -0.2) is 0 Å². The first-order valence-corrected chi connectivity index (χ1v) is 7.80. The summed E-state index contributed by atoms with van der Waals surface area (Å²) in [5, 5.41) is 2.07. The summed E-state index contributed by atoms with van der Waals surface area (Å²) in [5.74, 6) is 1.04. The van der Waals surface area contributed by atoms with Gasteiger partial charge in [0.25, 0.3) is 0 Å². The molecular formula is C20H23NO. The molecule has 2 nitrogen and oxygen atoms in total. The van der Waals surface area contributed by atoms with Crippen LogP contribution in [0, 0.1) is 5.41 Å². The fourth-order valence-electron chi connectivity index (χ4n) is 2.63. The minimum Gasteiger partial charge on any atom is -0.409 e. The number of hydrogen-bond donors (Lipinski definition) is 0. The maximum atomic E-state index is 6.19. The summed E-state index contributed by atoms with van der Waals surface area (Å²) in [6.45, 7) is 7.34. The van der Waals surface area contributed by atoms with E-state index < -0.39 is 0 Å². The molecule has 0 radical (unpaired) electrons. The second-order valence-electron chi connectivity index (χ2n) is 6.79. The molecule has 0 N–H and O–H groups in total. The lowest BCUT2D eigenvalue weighted by molar-refractivity contribution is -0.139. The van der Waals surface area contributed by atoms with Gasteiger partial charge in [0.2, 0.25) is 0 Å². The van der Waals surface area contributed by atoms with Gasteiger partial charge >= 0.3 is 0 Å². The molecule has 0 bridgehead atoms. The van der Waals surface area contributed by atoms with E-state index in [1.807, 2.05) is 6.07 Å². The van der Waals surface area contributed by atoms with Crippen LogP contribution in [0.25, 0.3) is 0 Å². The Labute approximate surface area is 133 Å². The minimum atomic E-state index is 0.0124. The molecule has 0 aliphatic carbocycles. The summed E-state index contributed by atoms with van der Waals surface area (Å²) in [6.07, 6.45) is 2.25. The maximum absolute atomic E-state index is 6.19. The molecule has 1 aliphatic rings. The highest BCUT2D eigenvalue weighted by atomic mass is 16.7. The Morgan fingerprint density at radius 3 is 2.09 bits per heavy atom. The molecule has 0 fully saturated rings. The average molecular weight is 293 g/mol. The van der Waals surface area contributed by atoms with Crippen LogP contribution in [0.5, 0.6) is 0 Å². The molecule has 1 heterocycles. The van der Waals surface area contributed by atoms with Gasteiger partial charge < -0.3 is 4.84 Å². The Bertz CT molecular complexity index is 640. The molecule has 3 rings (SSSR count). The third kappa shape index (κ3) is 3.23. The van der Waals surface area contributed by atoms with Gasteiger partial charge in [-0.2, -0.15) is 0 Å². The summed E-state index contributed by atoms with van der Waals surface area (Å²) in [5.41, 5.74) is 2.53. The van der Waals surface area contributed by atoms with Gasteiger partial charge in [0, 0.05) is 5.41 Å². The first kappa shape index (κ1) is 14.9. The van der Waals surface area contributed by atoms with Crippen LogP contribution >= 0.6 is 0 Å². The van der Waals surface area contributed by atoms with Crippen molar-refractivity contribution in [3.05, 3.63) is 83.6 Å². The van der Waals surface area contributed by atoms with E-state index in [2.05, 4.69) is 86.5 Å². The molecule has 2 aromatic carbocycles. The van der Waals surface area contributed by atoms with Crippen molar-refractivity contribution in [3.63, 3.8) is 0 Å². The minimum absolute atomic E-state index is 0.0124. The van der Waals surface area contributed by atoms with Gasteiger partial charge in [-0.3, -0.25) is 0 Å². The molecule has 2 aromatic rings. The summed E-state index contributed by atoms with van der Waals surface area (Å²) in [4.78, 5) is 6.19. The Hall–Kier alpha value is -2.06. The standard InChI is InChI=1S/C20H23NO/c1-20(2,3)19-14-18(17-12-8-5-9-13-17)21(22-19)15-16-10-6-4-7-11-16/h4-14,18H,15H2,1-3H3. The summed E-state index contributed by atoms with van der Waals surface area (Å²) in [6, 6.07) is 21.2. The highest BCUT2D eigenvalue weighted by molar-refractivity contribution is 5.27. The molecule has 0 spiro atoms. The van der Waals surface area contributed by atoms with Crippen LogP contribution in [-0.2, 0) is 11.4 Å². The Morgan fingerprint density at radius 2 is 1.50 bits per heavy atom. The summed E-state index contributed by atoms with van der Waals surface area (Å²) in [7, 11) is 0. The molecular weight excluding hydrogens is 270 g/mol. The number of hydrogen-bond acceptors (Lipinski definition) is 2. The fraction of sp³-hybridized carbons (Fsp3) is 0.300. The van der Waals surface area contributed by atoms with Crippen molar-refractivity contribution in [2.75, 3.05) is 0 Å². The van der Waals surface area contributed by atoms with Crippen LogP contribution in [0.3, 0.4) is 0 Å². The highest BCUT2D eigenvalue weighted by Crippen LogP contribution is 2.39. The van der Waals surface area contributed by atoms with Crippen LogP contribution in [0.4, 0.5) is 0 Å². The zero-order valence-electron chi connectivity index (χ0n) is 13.5. The van der Waals surface area contributed by atoms with E-state index in [9.17, 15) is 0 Å². The lowest BCUT2D eigenvalue weighted by Crippen LogP contribution is -2.23. The quantitative estimate of drug-likeness (QED) is 0.780. The van der Waals surface area contributed by atoms with Crippen LogP contribution in [0.1, 0.15) is 37.9 Å². The lowest BCUT2D eigenvalue weighted by atomic mass is 9.92. The van der Waals surface area contributed by atoms with Crippen molar-refractivity contribution < 1.29 is 4.84 Å². The Morgan fingerprint density at radius 1 is 0.909 bits per heavy atom. The third-order valence-corrected chi connectivity index (χ3v) is 3.90. The number of nitrogens with zero attached hydrogens (tertiary/aromatic N) is 1. The van der Waals surface area contributed by atoms with Crippen molar-refractivity contribution in [2.24, 2.45) is 5.41 Å². The predicted octanol–water partition coefficient (Wildman–Crippen LogP) is 5.11. The SMILES string of the molecule is CC(C)(C)C1=CC(c2ccccc2)N(Cc2ccccc2)O1. The van der Waals surface area contributed by atoms with Crippen molar-refractivity contribution in [1.29, 1.82) is 0 Å². The number of rotatable bonds is 3. The first-order valence-electron chi connectivity index (χ1n) is 7.80. The van der Waals surface area contributed by atoms with E-state index in [0.29, 0.717) is 0 Å². The van der Waals surface area contributed by atoms with Crippen LogP contribution in [-0.4, -0.2) is 5.06 Å². The largest absolute Gasteiger partial charge is 0.409 e. The van der Waals surface area contributed by atoms with Crippen LogP contribution in [0.15, 0.2) is 72.5 Å². The third-order valence-electron chi connectivity index (χ3n) is 3.90. The number of hydroxylamine groups is 2. The van der Waals surface area contributed by atoms with E-state index in [1.165, 1.54) is 11.1 Å². The molecule has 22 heavy (non-hydrogen) atoms. The van der Waals surface area contributed by atoms with E-state index >= 15 is 0 Å². The van der Waals surface area contributed by atoms with E-state index in [1.54, 1.807) is 0 Å². The molecule has 114 valence electrons.